The third-order valence-electron chi connectivity index (χ3n) is 1.73. The lowest BCUT2D eigenvalue weighted by Crippen LogP contribution is -2.47. The van der Waals surface area contributed by atoms with Gasteiger partial charge >= 0.3 is 5.97 Å². The van der Waals surface area contributed by atoms with Gasteiger partial charge in [-0.3, -0.25) is 4.79 Å². The molecule has 2 N–H and O–H groups in total. The average molecular weight is 177 g/mol. The minimum absolute atomic E-state index is 0.257. The minimum Gasteiger partial charge on any atom is -0.468 e. The lowest BCUT2D eigenvalue weighted by Gasteiger charge is -2.26. The highest BCUT2D eigenvalue weighted by Gasteiger charge is 2.31. The topological polar surface area (TPSA) is 52.3 Å². The Morgan fingerprint density at radius 3 is 2.36 bits per heavy atom. The quantitative estimate of drug-likeness (QED) is 0.642. The van der Waals surface area contributed by atoms with Crippen LogP contribution in [0.3, 0.4) is 0 Å². The Balaban J connectivity index is 4.22. The van der Waals surface area contributed by atoms with E-state index >= 15 is 0 Å². The van der Waals surface area contributed by atoms with Crippen LogP contribution in [0.4, 0.5) is 0 Å². The molecule has 0 rings (SSSR count). The summed E-state index contributed by atoms with van der Waals surface area (Å²) in [6.45, 7) is 3.83. The van der Waals surface area contributed by atoms with Crippen molar-refractivity contribution in [2.45, 2.75) is 24.6 Å². The zero-order valence-electron chi connectivity index (χ0n) is 7.38. The second-order valence-corrected chi connectivity index (χ2v) is 4.27. The van der Waals surface area contributed by atoms with Crippen molar-refractivity contribution in [1.29, 1.82) is 0 Å². The Labute approximate surface area is 71.7 Å². The number of esters is 1. The molecule has 0 aromatic rings. The third-order valence-corrected chi connectivity index (χ3v) is 3.04. The number of methoxy groups -OCH3 is 1. The lowest BCUT2D eigenvalue weighted by atomic mass is 10.1. The molecule has 0 radical (unpaired) electrons. The first-order chi connectivity index (χ1) is 4.95. The summed E-state index contributed by atoms with van der Waals surface area (Å²) >= 11 is 1.55. The first-order valence-corrected chi connectivity index (χ1v) is 4.56. The van der Waals surface area contributed by atoms with Crippen molar-refractivity contribution < 1.29 is 9.53 Å². The molecule has 0 bridgehead atoms. The predicted molar refractivity (Wildman–Crippen MR) is 47.6 cm³/mol. The van der Waals surface area contributed by atoms with Gasteiger partial charge in [-0.15, -0.1) is 0 Å². The summed E-state index contributed by atoms with van der Waals surface area (Å²) in [7, 11) is 1.35. The maximum Gasteiger partial charge on any atom is 0.324 e. The monoisotopic (exact) mass is 177 g/mol. The van der Waals surface area contributed by atoms with Crippen LogP contribution in [-0.2, 0) is 9.53 Å². The Morgan fingerprint density at radius 2 is 2.09 bits per heavy atom. The molecule has 0 spiro atoms. The second-order valence-electron chi connectivity index (χ2n) is 2.81. The third kappa shape index (κ3) is 2.71. The van der Waals surface area contributed by atoms with Crippen LogP contribution in [0.1, 0.15) is 13.8 Å². The maximum atomic E-state index is 11.0. The number of carbonyl (C=O) groups excluding carboxylic acids is 1. The van der Waals surface area contributed by atoms with Gasteiger partial charge in [-0.25, -0.2) is 0 Å². The molecule has 0 saturated carbocycles. The zero-order valence-corrected chi connectivity index (χ0v) is 8.20. The van der Waals surface area contributed by atoms with Crippen LogP contribution in [0.2, 0.25) is 0 Å². The molecule has 0 amide bonds. The highest BCUT2D eigenvalue weighted by atomic mass is 32.2. The Bertz CT molecular complexity index is 147. The van der Waals surface area contributed by atoms with Crippen LogP contribution in [-0.4, -0.2) is 30.1 Å². The van der Waals surface area contributed by atoms with E-state index in [1.165, 1.54) is 7.11 Å². The van der Waals surface area contributed by atoms with Crippen LogP contribution < -0.4 is 5.73 Å². The van der Waals surface area contributed by atoms with Crippen LogP contribution in [0.25, 0.3) is 0 Å². The Hall–Kier alpha value is -0.220. The summed E-state index contributed by atoms with van der Waals surface area (Å²) in [5.74, 6) is -0.357. The van der Waals surface area contributed by atoms with Crippen molar-refractivity contribution in [3.63, 3.8) is 0 Å². The number of ether oxygens (including phenoxy) is 1. The summed E-state index contributed by atoms with van der Waals surface area (Å²) < 4.78 is 4.27. The molecule has 3 nitrogen and oxygen atoms in total. The van der Waals surface area contributed by atoms with Gasteiger partial charge in [-0.05, 0) is 20.1 Å². The van der Waals surface area contributed by atoms with E-state index in [9.17, 15) is 4.79 Å². The van der Waals surface area contributed by atoms with Gasteiger partial charge in [0.2, 0.25) is 0 Å². The molecule has 0 unspecified atom stereocenters. The fourth-order valence-electron chi connectivity index (χ4n) is 0.538. The van der Waals surface area contributed by atoms with E-state index in [0.717, 1.165) is 0 Å². The summed E-state index contributed by atoms with van der Waals surface area (Å²) in [6.07, 6.45) is 1.92. The smallest absolute Gasteiger partial charge is 0.324 e. The van der Waals surface area contributed by atoms with Gasteiger partial charge in [0.05, 0.1) is 7.11 Å². The number of hydrogen-bond acceptors (Lipinski definition) is 4. The van der Waals surface area contributed by atoms with Crippen molar-refractivity contribution in [2.75, 3.05) is 13.4 Å². The fraction of sp³-hybridized carbons (Fsp3) is 0.857. The molecule has 4 heteroatoms. The van der Waals surface area contributed by atoms with E-state index in [1.54, 1.807) is 11.8 Å². The van der Waals surface area contributed by atoms with Gasteiger partial charge in [-0.1, -0.05) is 0 Å². The average Bonchev–Trinajstić information content (AvgIpc) is 2.01. The summed E-state index contributed by atoms with van der Waals surface area (Å²) in [5, 5.41) is 0. The molecule has 0 aliphatic rings. The van der Waals surface area contributed by atoms with Crippen molar-refractivity contribution in [3.05, 3.63) is 0 Å². The van der Waals surface area contributed by atoms with Crippen molar-refractivity contribution in [2.24, 2.45) is 5.73 Å². The standard InChI is InChI=1S/C7H15NO2S/c1-7(2,11-4)5(8)6(9)10-3/h5H,8H2,1-4H3/t5-/m0/s1. The van der Waals surface area contributed by atoms with E-state index in [4.69, 9.17) is 5.73 Å². The van der Waals surface area contributed by atoms with E-state index in [1.807, 2.05) is 20.1 Å². The Morgan fingerprint density at radius 1 is 1.64 bits per heavy atom. The van der Waals surface area contributed by atoms with Gasteiger partial charge in [0.1, 0.15) is 6.04 Å². The molecule has 0 aliphatic heterocycles. The maximum absolute atomic E-state index is 11.0. The highest BCUT2D eigenvalue weighted by molar-refractivity contribution is 8.00. The molecular formula is C7H15NO2S. The summed E-state index contributed by atoms with van der Waals surface area (Å²) in [5.41, 5.74) is 5.62. The molecular weight excluding hydrogens is 162 g/mol. The van der Waals surface area contributed by atoms with Gasteiger partial charge in [-0.2, -0.15) is 11.8 Å². The molecule has 0 heterocycles. The first-order valence-electron chi connectivity index (χ1n) is 3.34. The van der Waals surface area contributed by atoms with Gasteiger partial charge in [0.25, 0.3) is 0 Å². The number of hydrogen-bond donors (Lipinski definition) is 1. The van der Waals surface area contributed by atoms with Gasteiger partial charge in [0.15, 0.2) is 0 Å². The lowest BCUT2D eigenvalue weighted by molar-refractivity contribution is -0.142. The molecule has 0 aliphatic carbocycles. The van der Waals surface area contributed by atoms with E-state index < -0.39 is 6.04 Å². The highest BCUT2D eigenvalue weighted by Crippen LogP contribution is 2.24. The van der Waals surface area contributed by atoms with Crippen molar-refractivity contribution in [1.82, 2.24) is 0 Å². The molecule has 0 fully saturated rings. The van der Waals surface area contributed by atoms with Crippen LogP contribution in [0.15, 0.2) is 0 Å². The first kappa shape index (κ1) is 10.8. The number of carbonyl (C=O) groups is 1. The zero-order chi connectivity index (χ0) is 9.07. The van der Waals surface area contributed by atoms with Crippen LogP contribution in [0.5, 0.6) is 0 Å². The molecule has 0 saturated heterocycles. The van der Waals surface area contributed by atoms with Crippen molar-refractivity contribution >= 4 is 17.7 Å². The molecule has 0 aromatic heterocycles. The normalized spacial score (nSPS) is 14.3. The predicted octanol–water partition coefficient (Wildman–Crippen LogP) is 0.628. The van der Waals surface area contributed by atoms with E-state index in [-0.39, 0.29) is 10.7 Å². The van der Waals surface area contributed by atoms with E-state index in [2.05, 4.69) is 4.74 Å². The van der Waals surface area contributed by atoms with Crippen LogP contribution >= 0.6 is 11.8 Å². The fourth-order valence-corrected chi connectivity index (χ4v) is 0.888. The molecule has 0 aromatic carbocycles. The number of rotatable bonds is 3. The molecule has 1 atom stereocenters. The van der Waals surface area contributed by atoms with Crippen LogP contribution in [0, 0.1) is 0 Å². The Kier molecular flexibility index (Phi) is 3.89. The summed E-state index contributed by atoms with van der Waals surface area (Å²) in [6, 6.07) is -0.553. The van der Waals surface area contributed by atoms with Crippen molar-refractivity contribution in [3.8, 4) is 0 Å². The number of thioether (sulfide) groups is 1. The number of nitrogens with two attached hydrogens (primary N) is 1. The molecule has 66 valence electrons. The molecule has 11 heavy (non-hydrogen) atoms. The van der Waals surface area contributed by atoms with Gasteiger partial charge in [0, 0.05) is 4.75 Å². The van der Waals surface area contributed by atoms with E-state index in [0.29, 0.717) is 0 Å². The largest absolute Gasteiger partial charge is 0.468 e. The SMILES string of the molecule is COC(=O)[C@H](N)C(C)(C)SC. The second kappa shape index (κ2) is 3.97. The minimum atomic E-state index is -0.553. The summed E-state index contributed by atoms with van der Waals surface area (Å²) in [4.78, 5) is 11.0. The van der Waals surface area contributed by atoms with Gasteiger partial charge < -0.3 is 10.5 Å².